The Hall–Kier alpha value is -0.410. The lowest BCUT2D eigenvalue weighted by molar-refractivity contribution is 0.857. The van der Waals surface area contributed by atoms with Gasteiger partial charge in [0.2, 0.25) is 0 Å². The molecule has 1 heterocycles. The minimum atomic E-state index is 0.0308. The van der Waals surface area contributed by atoms with Crippen molar-refractivity contribution in [2.24, 2.45) is 0 Å². The Kier molecular flexibility index (Phi) is 4.55. The summed E-state index contributed by atoms with van der Waals surface area (Å²) in [5, 5.41) is 0. The third-order valence-electron chi connectivity index (χ3n) is 2.13. The van der Waals surface area contributed by atoms with Gasteiger partial charge in [0.1, 0.15) is 4.08 Å². The Labute approximate surface area is 94.4 Å². The van der Waals surface area contributed by atoms with Crippen LogP contribution < -0.4 is 0 Å². The first kappa shape index (κ1) is 11.7. The smallest absolute Gasteiger partial charge is 0.106 e. The quantitative estimate of drug-likeness (QED) is 0.562. The van der Waals surface area contributed by atoms with E-state index in [0.29, 0.717) is 0 Å². The lowest BCUT2D eigenvalue weighted by Crippen LogP contribution is -2.17. The van der Waals surface area contributed by atoms with E-state index in [0.717, 1.165) is 12.1 Å². The zero-order chi connectivity index (χ0) is 10.4. The predicted molar refractivity (Wildman–Crippen MR) is 67.8 cm³/mol. The molecule has 0 atom stereocenters. The summed E-state index contributed by atoms with van der Waals surface area (Å²) in [7, 11) is 0. The lowest BCUT2D eigenvalue weighted by Gasteiger charge is -2.28. The van der Waals surface area contributed by atoms with E-state index < -0.39 is 0 Å². The van der Waals surface area contributed by atoms with Crippen LogP contribution in [0, 0.1) is 0 Å². The fourth-order valence-corrected chi connectivity index (χ4v) is 3.24. The summed E-state index contributed by atoms with van der Waals surface area (Å²) >= 11 is 3.65. The topological polar surface area (TPSA) is 12.9 Å². The highest BCUT2D eigenvalue weighted by molar-refractivity contribution is 8.16. The first-order valence-electron chi connectivity index (χ1n) is 4.42. The molecule has 0 saturated heterocycles. The number of thioether (sulfide) groups is 2. The van der Waals surface area contributed by atoms with Gasteiger partial charge in [-0.2, -0.15) is 0 Å². The standard InChI is InChI=1S/C11H15NS2/c1-4-8-11(13-2,14-3)10-7-5-6-9-12-10/h4-7,9H,1,8H2,2-3H3. The van der Waals surface area contributed by atoms with Gasteiger partial charge in [0.05, 0.1) is 5.69 Å². The molecule has 0 amide bonds. The van der Waals surface area contributed by atoms with Crippen LogP contribution in [0.4, 0.5) is 0 Å². The van der Waals surface area contributed by atoms with Gasteiger partial charge in [0.25, 0.3) is 0 Å². The van der Waals surface area contributed by atoms with Crippen LogP contribution in [0.3, 0.4) is 0 Å². The van der Waals surface area contributed by atoms with Gasteiger partial charge in [0.15, 0.2) is 0 Å². The van der Waals surface area contributed by atoms with E-state index in [-0.39, 0.29) is 4.08 Å². The molecule has 1 nitrogen and oxygen atoms in total. The Balaban J connectivity index is 3.03. The van der Waals surface area contributed by atoms with Gasteiger partial charge in [-0.05, 0) is 31.1 Å². The number of pyridine rings is 1. The average molecular weight is 225 g/mol. The van der Waals surface area contributed by atoms with Crippen molar-refractivity contribution < 1.29 is 0 Å². The summed E-state index contributed by atoms with van der Waals surface area (Å²) < 4.78 is 0.0308. The average Bonchev–Trinajstić information content (AvgIpc) is 2.27. The van der Waals surface area contributed by atoms with Crippen molar-refractivity contribution in [3.8, 4) is 0 Å². The monoisotopic (exact) mass is 225 g/mol. The van der Waals surface area contributed by atoms with Crippen LogP contribution in [-0.4, -0.2) is 17.5 Å². The third-order valence-corrected chi connectivity index (χ3v) is 5.20. The Morgan fingerprint density at radius 1 is 1.43 bits per heavy atom. The molecule has 0 saturated carbocycles. The van der Waals surface area contributed by atoms with Crippen LogP contribution >= 0.6 is 23.5 Å². The molecule has 0 N–H and O–H groups in total. The van der Waals surface area contributed by atoms with Gasteiger partial charge in [-0.1, -0.05) is 12.1 Å². The van der Waals surface area contributed by atoms with Crippen molar-refractivity contribution in [2.45, 2.75) is 10.5 Å². The normalized spacial score (nSPS) is 11.3. The number of hydrogen-bond donors (Lipinski definition) is 0. The SMILES string of the molecule is C=CCC(SC)(SC)c1ccccn1. The van der Waals surface area contributed by atoms with Crippen molar-refractivity contribution in [1.82, 2.24) is 4.98 Å². The van der Waals surface area contributed by atoms with E-state index in [1.54, 1.807) is 0 Å². The van der Waals surface area contributed by atoms with E-state index in [1.165, 1.54) is 0 Å². The van der Waals surface area contributed by atoms with E-state index >= 15 is 0 Å². The summed E-state index contributed by atoms with van der Waals surface area (Å²) in [6, 6.07) is 6.06. The van der Waals surface area contributed by atoms with Crippen molar-refractivity contribution in [2.75, 3.05) is 12.5 Å². The zero-order valence-electron chi connectivity index (χ0n) is 8.56. The molecule has 1 aromatic rings. The minimum absolute atomic E-state index is 0.0308. The molecule has 0 aliphatic rings. The van der Waals surface area contributed by atoms with Crippen LogP contribution in [0.25, 0.3) is 0 Å². The highest BCUT2D eigenvalue weighted by Crippen LogP contribution is 2.46. The second kappa shape index (κ2) is 5.47. The third kappa shape index (κ3) is 2.34. The highest BCUT2D eigenvalue weighted by atomic mass is 32.2. The molecule has 76 valence electrons. The molecule has 0 aromatic carbocycles. The molecule has 3 heteroatoms. The van der Waals surface area contributed by atoms with Gasteiger partial charge in [-0.3, -0.25) is 4.98 Å². The molecule has 1 rings (SSSR count). The largest absolute Gasteiger partial charge is 0.259 e. The number of hydrogen-bond acceptors (Lipinski definition) is 3. The van der Waals surface area contributed by atoms with Crippen LogP contribution in [-0.2, 0) is 4.08 Å². The highest BCUT2D eigenvalue weighted by Gasteiger charge is 2.29. The van der Waals surface area contributed by atoms with E-state index in [1.807, 2.05) is 47.9 Å². The van der Waals surface area contributed by atoms with E-state index in [2.05, 4.69) is 30.1 Å². The second-order valence-corrected chi connectivity index (χ2v) is 5.34. The van der Waals surface area contributed by atoms with Gasteiger partial charge < -0.3 is 0 Å². The second-order valence-electron chi connectivity index (χ2n) is 2.87. The lowest BCUT2D eigenvalue weighted by atomic mass is 10.2. The fraction of sp³-hybridized carbons (Fsp3) is 0.364. The van der Waals surface area contributed by atoms with Crippen LogP contribution in [0.5, 0.6) is 0 Å². The molecule has 0 aliphatic heterocycles. The number of aromatic nitrogens is 1. The minimum Gasteiger partial charge on any atom is -0.259 e. The maximum atomic E-state index is 4.42. The first-order valence-corrected chi connectivity index (χ1v) is 6.86. The first-order chi connectivity index (χ1) is 6.79. The summed E-state index contributed by atoms with van der Waals surface area (Å²) in [6.45, 7) is 3.81. The van der Waals surface area contributed by atoms with Crippen molar-refractivity contribution >= 4 is 23.5 Å². The van der Waals surface area contributed by atoms with Crippen molar-refractivity contribution in [3.63, 3.8) is 0 Å². The van der Waals surface area contributed by atoms with Crippen LogP contribution in [0.1, 0.15) is 12.1 Å². The number of rotatable bonds is 5. The van der Waals surface area contributed by atoms with Crippen molar-refractivity contribution in [1.29, 1.82) is 0 Å². The molecule has 14 heavy (non-hydrogen) atoms. The molecule has 0 unspecified atom stereocenters. The van der Waals surface area contributed by atoms with Crippen LogP contribution in [0.2, 0.25) is 0 Å². The van der Waals surface area contributed by atoms with Gasteiger partial charge >= 0.3 is 0 Å². The summed E-state index contributed by atoms with van der Waals surface area (Å²) in [4.78, 5) is 4.42. The molecular formula is C11H15NS2. The van der Waals surface area contributed by atoms with Crippen LogP contribution in [0.15, 0.2) is 37.1 Å². The maximum Gasteiger partial charge on any atom is 0.106 e. The molecular weight excluding hydrogens is 210 g/mol. The Morgan fingerprint density at radius 2 is 2.14 bits per heavy atom. The van der Waals surface area contributed by atoms with Gasteiger partial charge in [0, 0.05) is 6.20 Å². The Morgan fingerprint density at radius 3 is 2.57 bits per heavy atom. The van der Waals surface area contributed by atoms with Gasteiger partial charge in [-0.15, -0.1) is 30.1 Å². The predicted octanol–water partition coefficient (Wildman–Crippen LogP) is 3.54. The van der Waals surface area contributed by atoms with E-state index in [9.17, 15) is 0 Å². The van der Waals surface area contributed by atoms with E-state index in [4.69, 9.17) is 0 Å². The van der Waals surface area contributed by atoms with Crippen molar-refractivity contribution in [3.05, 3.63) is 42.7 Å². The fourth-order valence-electron chi connectivity index (χ4n) is 1.34. The van der Waals surface area contributed by atoms with Gasteiger partial charge in [-0.25, -0.2) is 0 Å². The molecule has 1 aromatic heterocycles. The zero-order valence-corrected chi connectivity index (χ0v) is 10.2. The molecule has 0 bridgehead atoms. The summed E-state index contributed by atoms with van der Waals surface area (Å²) in [6.07, 6.45) is 8.98. The summed E-state index contributed by atoms with van der Waals surface area (Å²) in [5.41, 5.74) is 1.12. The maximum absolute atomic E-state index is 4.42. The summed E-state index contributed by atoms with van der Waals surface area (Å²) in [5.74, 6) is 0. The molecule has 0 aliphatic carbocycles. The number of nitrogens with zero attached hydrogens (tertiary/aromatic N) is 1. The Bertz CT molecular complexity index is 281. The molecule has 0 radical (unpaired) electrons. The molecule has 0 fully saturated rings. The number of allylic oxidation sites excluding steroid dienone is 1. The molecule has 0 spiro atoms.